The first-order chi connectivity index (χ1) is 15.1. The lowest BCUT2D eigenvalue weighted by Gasteiger charge is -2.04. The summed E-state index contributed by atoms with van der Waals surface area (Å²) in [7, 11) is 0. The first kappa shape index (κ1) is 25.2. The number of hydrogen-bond donors (Lipinski definition) is 2. The maximum atomic E-state index is 12.7. The van der Waals surface area contributed by atoms with E-state index in [1.807, 2.05) is 24.3 Å². The van der Waals surface area contributed by atoms with E-state index in [4.69, 9.17) is 0 Å². The van der Waals surface area contributed by atoms with Crippen LogP contribution in [0.3, 0.4) is 0 Å². The molecule has 0 saturated carbocycles. The Morgan fingerprint density at radius 2 is 1.23 bits per heavy atom. The number of aromatic amines is 1. The number of H-pyrrole nitrogens is 1. The molecule has 0 bridgehead atoms. The minimum atomic E-state index is -1.07. The van der Waals surface area contributed by atoms with E-state index in [1.165, 1.54) is 77.0 Å². The summed E-state index contributed by atoms with van der Waals surface area (Å²) in [6, 6.07) is 7.31. The van der Waals surface area contributed by atoms with Gasteiger partial charge >= 0.3 is 5.97 Å². The summed E-state index contributed by atoms with van der Waals surface area (Å²) in [5.41, 5.74) is 1.07. The van der Waals surface area contributed by atoms with E-state index in [0.29, 0.717) is 22.9 Å². The number of hydrogen-bond acceptors (Lipinski definition) is 2. The SMILES string of the molecule is CCCCCCCCCCCCCCCCCC(=O)c1c(C(=O)O)[nH]c2ccccc12. The van der Waals surface area contributed by atoms with Crippen LogP contribution in [-0.2, 0) is 0 Å². The molecule has 0 fully saturated rings. The number of aromatic carboxylic acids is 1. The largest absolute Gasteiger partial charge is 0.477 e. The quantitative estimate of drug-likeness (QED) is 0.186. The monoisotopic (exact) mass is 427 g/mol. The van der Waals surface area contributed by atoms with Crippen LogP contribution in [0.5, 0.6) is 0 Å². The average molecular weight is 428 g/mol. The van der Waals surface area contributed by atoms with Gasteiger partial charge in [0.05, 0.1) is 5.56 Å². The predicted octanol–water partition coefficient (Wildman–Crippen LogP) is 8.31. The Labute approximate surface area is 187 Å². The average Bonchev–Trinajstić information content (AvgIpc) is 3.16. The van der Waals surface area contributed by atoms with Crippen LogP contribution in [0.15, 0.2) is 24.3 Å². The van der Waals surface area contributed by atoms with Gasteiger partial charge < -0.3 is 10.1 Å². The van der Waals surface area contributed by atoms with Crippen LogP contribution < -0.4 is 0 Å². The van der Waals surface area contributed by atoms with Crippen molar-refractivity contribution in [3.8, 4) is 0 Å². The molecule has 4 nitrogen and oxygen atoms in total. The number of benzene rings is 1. The van der Waals surface area contributed by atoms with Crippen LogP contribution in [-0.4, -0.2) is 21.8 Å². The van der Waals surface area contributed by atoms with Crippen LogP contribution in [0.4, 0.5) is 0 Å². The second-order valence-electron chi connectivity index (χ2n) is 8.85. The molecule has 2 N–H and O–H groups in total. The molecule has 0 radical (unpaired) electrons. The Kier molecular flexibility index (Phi) is 12.0. The summed E-state index contributed by atoms with van der Waals surface area (Å²) in [4.78, 5) is 27.1. The van der Waals surface area contributed by atoms with Crippen molar-refractivity contribution >= 4 is 22.7 Å². The van der Waals surface area contributed by atoms with Crippen molar-refractivity contribution in [2.24, 2.45) is 0 Å². The zero-order valence-electron chi connectivity index (χ0n) is 19.4. The first-order valence-electron chi connectivity index (χ1n) is 12.5. The van der Waals surface area contributed by atoms with Crippen molar-refractivity contribution in [3.63, 3.8) is 0 Å². The maximum absolute atomic E-state index is 12.7. The number of fused-ring (bicyclic) bond motifs is 1. The highest BCUT2D eigenvalue weighted by molar-refractivity contribution is 6.14. The molecule has 0 amide bonds. The van der Waals surface area contributed by atoms with Gasteiger partial charge in [0.15, 0.2) is 5.78 Å². The smallest absolute Gasteiger partial charge is 0.353 e. The number of carbonyl (C=O) groups excluding carboxylic acids is 1. The minimum Gasteiger partial charge on any atom is -0.477 e. The number of carbonyl (C=O) groups is 2. The molecule has 0 saturated heterocycles. The van der Waals surface area contributed by atoms with Crippen molar-refractivity contribution in [1.82, 2.24) is 4.98 Å². The standard InChI is InChI=1S/C27H41NO3/c1-2-3-4-5-6-7-8-9-10-11-12-13-14-15-16-21-24(29)25-22-19-17-18-20-23(22)28-26(25)27(30)31/h17-20,28H,2-16,21H2,1H3,(H,30,31). The fraction of sp³-hybridized carbons (Fsp3) is 0.630. The van der Waals surface area contributed by atoms with E-state index in [9.17, 15) is 14.7 Å². The van der Waals surface area contributed by atoms with Gasteiger partial charge in [-0.15, -0.1) is 0 Å². The number of Topliss-reactive ketones (excluding diaryl/α,β-unsaturated/α-hetero) is 1. The van der Waals surface area contributed by atoms with Crippen molar-refractivity contribution in [3.05, 3.63) is 35.5 Å². The molecule has 2 aromatic rings. The first-order valence-corrected chi connectivity index (χ1v) is 12.5. The third-order valence-corrected chi connectivity index (χ3v) is 6.21. The second-order valence-corrected chi connectivity index (χ2v) is 8.85. The number of para-hydroxylation sites is 1. The second kappa shape index (κ2) is 14.8. The molecule has 0 unspecified atom stereocenters. The number of unbranched alkanes of at least 4 members (excludes halogenated alkanes) is 14. The van der Waals surface area contributed by atoms with E-state index < -0.39 is 5.97 Å². The minimum absolute atomic E-state index is 0.0205. The Balaban J connectivity index is 1.53. The summed E-state index contributed by atoms with van der Waals surface area (Å²) < 4.78 is 0. The molecule has 0 aliphatic carbocycles. The van der Waals surface area contributed by atoms with Gasteiger partial charge in [0, 0.05) is 17.3 Å². The molecule has 31 heavy (non-hydrogen) atoms. The van der Waals surface area contributed by atoms with Crippen LogP contribution >= 0.6 is 0 Å². The van der Waals surface area contributed by atoms with Crippen LogP contribution in [0.25, 0.3) is 10.9 Å². The molecule has 0 aliphatic rings. The molecule has 172 valence electrons. The van der Waals surface area contributed by atoms with E-state index in [2.05, 4.69) is 11.9 Å². The molecule has 1 heterocycles. The molecular weight excluding hydrogens is 386 g/mol. The number of rotatable bonds is 18. The third-order valence-electron chi connectivity index (χ3n) is 6.21. The number of carboxylic acids is 1. The molecule has 2 rings (SSSR count). The number of carboxylic acid groups (broad SMARTS) is 1. The zero-order chi connectivity index (χ0) is 22.3. The highest BCUT2D eigenvalue weighted by atomic mass is 16.4. The van der Waals surface area contributed by atoms with Crippen LogP contribution in [0, 0.1) is 0 Å². The van der Waals surface area contributed by atoms with E-state index >= 15 is 0 Å². The van der Waals surface area contributed by atoms with Gasteiger partial charge in [0.2, 0.25) is 0 Å². The summed E-state index contributed by atoms with van der Waals surface area (Å²) in [6.07, 6.45) is 19.7. The Hall–Kier alpha value is -2.10. The van der Waals surface area contributed by atoms with E-state index in [-0.39, 0.29) is 11.5 Å². The molecule has 0 aliphatic heterocycles. The van der Waals surface area contributed by atoms with Crippen LogP contribution in [0.2, 0.25) is 0 Å². The maximum Gasteiger partial charge on any atom is 0.353 e. The van der Waals surface area contributed by atoms with Gasteiger partial charge in [0.25, 0.3) is 0 Å². The predicted molar refractivity (Wildman–Crippen MR) is 129 cm³/mol. The fourth-order valence-corrected chi connectivity index (χ4v) is 4.37. The molecule has 4 heteroatoms. The Morgan fingerprint density at radius 3 is 1.74 bits per heavy atom. The summed E-state index contributed by atoms with van der Waals surface area (Å²) >= 11 is 0. The third kappa shape index (κ3) is 8.88. The van der Waals surface area contributed by atoms with Crippen molar-refractivity contribution in [2.45, 2.75) is 110 Å². The van der Waals surface area contributed by atoms with Crippen molar-refractivity contribution in [1.29, 1.82) is 0 Å². The van der Waals surface area contributed by atoms with Crippen LogP contribution in [0.1, 0.15) is 131 Å². The van der Waals surface area contributed by atoms with E-state index in [1.54, 1.807) is 0 Å². The normalized spacial score (nSPS) is 11.3. The Bertz CT molecular complexity index is 793. The highest BCUT2D eigenvalue weighted by Gasteiger charge is 2.22. The lowest BCUT2D eigenvalue weighted by atomic mass is 10.00. The number of aromatic nitrogens is 1. The zero-order valence-corrected chi connectivity index (χ0v) is 19.4. The van der Waals surface area contributed by atoms with Gasteiger partial charge in [-0.25, -0.2) is 4.79 Å². The molecular formula is C27H41NO3. The fourth-order valence-electron chi connectivity index (χ4n) is 4.37. The van der Waals surface area contributed by atoms with Crippen molar-refractivity contribution in [2.75, 3.05) is 0 Å². The summed E-state index contributed by atoms with van der Waals surface area (Å²) in [5, 5.41) is 10.1. The number of ketones is 1. The Morgan fingerprint density at radius 1 is 0.742 bits per heavy atom. The summed E-state index contributed by atoms with van der Waals surface area (Å²) in [6.45, 7) is 2.27. The lowest BCUT2D eigenvalue weighted by Crippen LogP contribution is -2.07. The molecule has 0 spiro atoms. The molecule has 1 aromatic heterocycles. The van der Waals surface area contributed by atoms with Gasteiger partial charge in [-0.1, -0.05) is 115 Å². The highest BCUT2D eigenvalue weighted by Crippen LogP contribution is 2.25. The van der Waals surface area contributed by atoms with Gasteiger partial charge in [-0.05, 0) is 12.5 Å². The summed E-state index contributed by atoms with van der Waals surface area (Å²) in [5.74, 6) is -1.14. The van der Waals surface area contributed by atoms with Gasteiger partial charge in [-0.3, -0.25) is 4.79 Å². The van der Waals surface area contributed by atoms with E-state index in [0.717, 1.165) is 19.3 Å². The molecule has 1 aromatic carbocycles. The van der Waals surface area contributed by atoms with Gasteiger partial charge in [0.1, 0.15) is 5.69 Å². The van der Waals surface area contributed by atoms with Crippen molar-refractivity contribution < 1.29 is 14.7 Å². The topological polar surface area (TPSA) is 70.2 Å². The lowest BCUT2D eigenvalue weighted by molar-refractivity contribution is 0.0686. The number of nitrogens with one attached hydrogen (secondary N) is 1. The van der Waals surface area contributed by atoms with Gasteiger partial charge in [-0.2, -0.15) is 0 Å². The molecule has 0 atom stereocenters.